The van der Waals surface area contributed by atoms with Crippen molar-refractivity contribution in [1.82, 2.24) is 5.01 Å². The third-order valence-electron chi connectivity index (χ3n) is 6.59. The number of hydrogen-bond acceptors (Lipinski definition) is 7. The van der Waals surface area contributed by atoms with Crippen LogP contribution >= 0.6 is 23.4 Å². The Morgan fingerprint density at radius 2 is 1.72 bits per heavy atom. The minimum atomic E-state index is -0.641. The van der Waals surface area contributed by atoms with Gasteiger partial charge in [-0.3, -0.25) is 9.59 Å². The Balaban J connectivity index is 1.35. The number of hydrogen-bond donors (Lipinski definition) is 1. The predicted molar refractivity (Wildman–Crippen MR) is 155 cm³/mol. The summed E-state index contributed by atoms with van der Waals surface area (Å²) < 4.78 is 10.6. The maximum atomic E-state index is 12.9. The number of aliphatic imine (C=N–C) groups is 1. The fraction of sp³-hybridized carbons (Fsp3) is 0.241. The largest absolute Gasteiger partial charge is 0.497 e. The zero-order valence-electron chi connectivity index (χ0n) is 21.7. The number of ether oxygens (including phenoxy) is 2. The Kier molecular flexibility index (Phi) is 7.90. The van der Waals surface area contributed by atoms with E-state index in [1.165, 1.54) is 11.8 Å². The molecule has 10 heteroatoms. The second-order valence-corrected chi connectivity index (χ2v) is 10.7. The lowest BCUT2D eigenvalue weighted by Gasteiger charge is -2.23. The fourth-order valence-electron chi connectivity index (χ4n) is 4.39. The van der Waals surface area contributed by atoms with Crippen molar-refractivity contribution in [3.05, 3.63) is 88.4 Å². The molecule has 2 atom stereocenters. The molecule has 0 saturated heterocycles. The number of methoxy groups -OCH3 is 2. The van der Waals surface area contributed by atoms with Crippen LogP contribution in [0.5, 0.6) is 11.5 Å². The van der Waals surface area contributed by atoms with Gasteiger partial charge in [0.2, 0.25) is 5.91 Å². The highest BCUT2D eigenvalue weighted by molar-refractivity contribution is 8.15. The molecule has 2 amide bonds. The average molecular weight is 563 g/mol. The summed E-state index contributed by atoms with van der Waals surface area (Å²) in [7, 11) is 3.25. The zero-order valence-corrected chi connectivity index (χ0v) is 23.3. The van der Waals surface area contributed by atoms with E-state index in [2.05, 4.69) is 10.3 Å². The lowest BCUT2D eigenvalue weighted by Crippen LogP contribution is -2.25. The van der Waals surface area contributed by atoms with E-state index in [9.17, 15) is 9.59 Å². The molecule has 3 aromatic carbocycles. The Morgan fingerprint density at radius 1 is 1.05 bits per heavy atom. The number of amides is 2. The van der Waals surface area contributed by atoms with E-state index in [0.717, 1.165) is 33.9 Å². The minimum absolute atomic E-state index is 0.0158. The summed E-state index contributed by atoms with van der Waals surface area (Å²) >= 11 is 7.43. The monoisotopic (exact) mass is 562 g/mol. The molecule has 0 spiro atoms. The fourth-order valence-corrected chi connectivity index (χ4v) is 5.63. The van der Waals surface area contributed by atoms with Crippen molar-refractivity contribution in [2.24, 2.45) is 10.1 Å². The van der Waals surface area contributed by atoms with Gasteiger partial charge in [-0.2, -0.15) is 10.1 Å². The number of benzene rings is 3. The first-order valence-electron chi connectivity index (χ1n) is 12.3. The number of carbonyl (C=O) groups excluding carboxylic acids is 2. The highest BCUT2D eigenvalue weighted by Crippen LogP contribution is 2.39. The number of amidine groups is 1. The number of nitrogens with zero attached hydrogens (tertiary/aromatic N) is 3. The summed E-state index contributed by atoms with van der Waals surface area (Å²) in [4.78, 5) is 29.9. The van der Waals surface area contributed by atoms with Crippen molar-refractivity contribution >= 4 is 51.7 Å². The molecule has 0 unspecified atom stereocenters. The maximum absolute atomic E-state index is 12.9. The number of carbonyl (C=O) groups is 2. The van der Waals surface area contributed by atoms with Gasteiger partial charge >= 0.3 is 0 Å². The van der Waals surface area contributed by atoms with Crippen molar-refractivity contribution in [2.75, 3.05) is 19.5 Å². The summed E-state index contributed by atoms with van der Waals surface area (Å²) in [6.45, 7) is 1.89. The van der Waals surface area contributed by atoms with Crippen LogP contribution in [-0.2, 0) is 9.59 Å². The van der Waals surface area contributed by atoms with E-state index in [-0.39, 0.29) is 24.3 Å². The van der Waals surface area contributed by atoms with Crippen molar-refractivity contribution in [3.8, 4) is 11.5 Å². The van der Waals surface area contributed by atoms with Crippen LogP contribution in [0, 0.1) is 6.92 Å². The van der Waals surface area contributed by atoms with Crippen molar-refractivity contribution in [3.63, 3.8) is 0 Å². The molecule has 5 rings (SSSR count). The van der Waals surface area contributed by atoms with Crippen LogP contribution in [0.2, 0.25) is 5.02 Å². The Hall–Kier alpha value is -3.82. The van der Waals surface area contributed by atoms with E-state index in [1.54, 1.807) is 31.4 Å². The van der Waals surface area contributed by atoms with Gasteiger partial charge in [0.05, 0.1) is 26.0 Å². The second-order valence-electron chi connectivity index (χ2n) is 9.17. The van der Waals surface area contributed by atoms with Crippen LogP contribution in [0.15, 0.2) is 76.8 Å². The molecule has 2 heterocycles. The smallest absolute Gasteiger partial charge is 0.262 e. The van der Waals surface area contributed by atoms with Crippen LogP contribution in [-0.4, -0.2) is 47.2 Å². The van der Waals surface area contributed by atoms with Crippen LogP contribution in [0.25, 0.3) is 0 Å². The topological polar surface area (TPSA) is 92.6 Å². The molecule has 2 aliphatic rings. The van der Waals surface area contributed by atoms with Crippen LogP contribution in [0.4, 0.5) is 5.69 Å². The first-order valence-corrected chi connectivity index (χ1v) is 13.6. The number of thioether (sulfide) groups is 1. The highest BCUT2D eigenvalue weighted by atomic mass is 35.5. The van der Waals surface area contributed by atoms with Crippen molar-refractivity contribution < 1.29 is 19.1 Å². The second kappa shape index (κ2) is 11.5. The molecule has 39 heavy (non-hydrogen) atoms. The Morgan fingerprint density at radius 3 is 2.36 bits per heavy atom. The average Bonchev–Trinajstić information content (AvgIpc) is 3.54. The SMILES string of the molecule is COc1ccc(C2=NN(C3=NC(=O)[C@@H](CC(=O)Nc4ccc(C)c(Cl)c4)S3)[C@H](c3ccc(OC)cc3)C2)cc1. The zero-order chi connectivity index (χ0) is 27.5. The molecule has 8 nitrogen and oxygen atoms in total. The molecule has 2 aliphatic heterocycles. The lowest BCUT2D eigenvalue weighted by atomic mass is 9.98. The van der Waals surface area contributed by atoms with Crippen molar-refractivity contribution in [2.45, 2.75) is 31.1 Å². The van der Waals surface area contributed by atoms with E-state index in [0.29, 0.717) is 22.3 Å². The molecular formula is C29H27ClN4O4S. The molecule has 1 N–H and O–H groups in total. The van der Waals surface area contributed by atoms with Gasteiger partial charge in [-0.1, -0.05) is 41.6 Å². The summed E-state index contributed by atoms with van der Waals surface area (Å²) in [6.07, 6.45) is 0.601. The predicted octanol–water partition coefficient (Wildman–Crippen LogP) is 5.84. The number of aryl methyl sites for hydroxylation is 1. The summed E-state index contributed by atoms with van der Waals surface area (Å²) in [5.41, 5.74) is 4.34. The number of rotatable bonds is 7. The Bertz CT molecular complexity index is 1460. The van der Waals surface area contributed by atoms with E-state index in [4.69, 9.17) is 26.2 Å². The van der Waals surface area contributed by atoms with Gasteiger partial charge in [0, 0.05) is 23.6 Å². The molecule has 0 saturated carbocycles. The van der Waals surface area contributed by atoms with E-state index >= 15 is 0 Å². The third-order valence-corrected chi connectivity index (χ3v) is 8.13. The van der Waals surface area contributed by atoms with E-state index < -0.39 is 5.25 Å². The molecular weight excluding hydrogens is 536 g/mol. The third kappa shape index (κ3) is 5.94. The molecule has 0 radical (unpaired) electrons. The normalized spacial score (nSPS) is 18.6. The van der Waals surface area contributed by atoms with Gasteiger partial charge in [-0.05, 0) is 72.1 Å². The number of hydrazone groups is 1. The highest BCUT2D eigenvalue weighted by Gasteiger charge is 2.39. The quantitative estimate of drug-likeness (QED) is 0.389. The molecule has 0 aromatic heterocycles. The standard InChI is InChI=1S/C29H27ClN4O4S/c1-17-4-9-20(14-23(17)30)31-27(35)16-26-28(36)32-29(39-26)34-25(19-7-12-22(38-3)13-8-19)15-24(33-34)18-5-10-21(37-2)11-6-18/h4-14,25-26H,15-16H2,1-3H3,(H,31,35)/t25-,26+/m0/s1. The van der Waals surface area contributed by atoms with Gasteiger partial charge in [0.1, 0.15) is 16.7 Å². The minimum Gasteiger partial charge on any atom is -0.497 e. The molecule has 3 aromatic rings. The molecule has 200 valence electrons. The van der Waals surface area contributed by atoms with Gasteiger partial charge in [-0.25, -0.2) is 5.01 Å². The van der Waals surface area contributed by atoms with E-state index in [1.807, 2.05) is 61.5 Å². The van der Waals surface area contributed by atoms with Crippen LogP contribution < -0.4 is 14.8 Å². The number of halogens is 1. The molecule has 0 fully saturated rings. The van der Waals surface area contributed by atoms with Gasteiger partial charge < -0.3 is 14.8 Å². The molecule has 0 aliphatic carbocycles. The summed E-state index contributed by atoms with van der Waals surface area (Å²) in [6, 6.07) is 20.6. The number of nitrogens with one attached hydrogen (secondary N) is 1. The van der Waals surface area contributed by atoms with Gasteiger partial charge in [-0.15, -0.1) is 0 Å². The van der Waals surface area contributed by atoms with Gasteiger partial charge in [0.15, 0.2) is 5.17 Å². The van der Waals surface area contributed by atoms with Crippen LogP contribution in [0.3, 0.4) is 0 Å². The van der Waals surface area contributed by atoms with Crippen molar-refractivity contribution in [1.29, 1.82) is 0 Å². The number of anilines is 1. The first kappa shape index (κ1) is 26.8. The maximum Gasteiger partial charge on any atom is 0.262 e. The van der Waals surface area contributed by atoms with Gasteiger partial charge in [0.25, 0.3) is 5.91 Å². The first-order chi connectivity index (χ1) is 18.8. The molecule has 0 bridgehead atoms. The summed E-state index contributed by atoms with van der Waals surface area (Å²) in [5.74, 6) is 0.876. The Labute approximate surface area is 236 Å². The van der Waals surface area contributed by atoms with Crippen LogP contribution in [0.1, 0.15) is 35.6 Å². The summed E-state index contributed by atoms with van der Waals surface area (Å²) in [5, 5.41) is 9.90. The lowest BCUT2D eigenvalue weighted by molar-refractivity contribution is -0.121.